The summed E-state index contributed by atoms with van der Waals surface area (Å²) in [6, 6.07) is -0.695. The summed E-state index contributed by atoms with van der Waals surface area (Å²) in [5.41, 5.74) is 0. The standard InChI is InChI=1S/C5H13N2O3PS/c1-4(5(8)9)7-11(10)6-2-3-12-11/h4,6-7,10-11H,2-3H2,1H3,(H,8,9)/t4-/m0/s1. The molecule has 1 aliphatic rings. The first-order valence-electron chi connectivity index (χ1n) is 3.65. The van der Waals surface area contributed by atoms with E-state index in [0.29, 0.717) is 0 Å². The predicted molar refractivity (Wildman–Crippen MR) is 51.2 cm³/mol. The molecule has 0 radical (unpaired) electrons. The number of rotatable bonds is 3. The van der Waals surface area contributed by atoms with E-state index in [4.69, 9.17) is 5.11 Å². The van der Waals surface area contributed by atoms with Crippen LogP contribution < -0.4 is 10.2 Å². The molecule has 72 valence electrons. The molecule has 12 heavy (non-hydrogen) atoms. The average Bonchev–Trinajstić information content (AvgIpc) is 2.35. The number of carbonyl (C=O) groups is 1. The molecule has 0 aliphatic carbocycles. The number of nitrogens with one attached hydrogen (secondary N) is 2. The summed E-state index contributed by atoms with van der Waals surface area (Å²) in [4.78, 5) is 20.2. The Balaban J connectivity index is 2.43. The molecule has 7 heteroatoms. The second-order valence-corrected chi connectivity index (χ2v) is 7.89. The van der Waals surface area contributed by atoms with E-state index in [2.05, 4.69) is 10.2 Å². The molecule has 4 N–H and O–H groups in total. The Morgan fingerprint density at radius 1 is 1.83 bits per heavy atom. The fourth-order valence-corrected chi connectivity index (χ4v) is 5.65. The molecule has 1 aliphatic heterocycles. The van der Waals surface area contributed by atoms with E-state index >= 15 is 0 Å². The molecule has 0 unspecified atom stereocenters. The van der Waals surface area contributed by atoms with Crippen LogP contribution in [0.25, 0.3) is 0 Å². The van der Waals surface area contributed by atoms with Gasteiger partial charge in [0.05, 0.1) is 0 Å². The van der Waals surface area contributed by atoms with Crippen molar-refractivity contribution in [3.63, 3.8) is 0 Å². The summed E-state index contributed by atoms with van der Waals surface area (Å²) in [5.74, 6) is -0.104. The third kappa shape index (κ3) is 2.57. The van der Waals surface area contributed by atoms with Crippen LogP contribution in [0.2, 0.25) is 0 Å². The van der Waals surface area contributed by atoms with Crippen LogP contribution in [-0.2, 0) is 4.79 Å². The molecule has 1 fully saturated rings. The van der Waals surface area contributed by atoms with Crippen LogP contribution in [0.4, 0.5) is 0 Å². The molecule has 1 rings (SSSR count). The molecule has 1 heterocycles. The van der Waals surface area contributed by atoms with Crippen molar-refractivity contribution in [3.05, 3.63) is 0 Å². The van der Waals surface area contributed by atoms with Gasteiger partial charge in [-0.15, -0.1) is 0 Å². The Hall–Kier alpha value is 0.130. The third-order valence-electron chi connectivity index (χ3n) is 1.56. The molecule has 1 saturated heterocycles. The van der Waals surface area contributed by atoms with Crippen molar-refractivity contribution in [1.29, 1.82) is 0 Å². The maximum absolute atomic E-state index is 10.4. The first kappa shape index (κ1) is 10.2. The van der Waals surface area contributed by atoms with Crippen molar-refractivity contribution in [2.45, 2.75) is 13.0 Å². The molecule has 0 aromatic rings. The molecule has 0 aromatic carbocycles. The van der Waals surface area contributed by atoms with Gasteiger partial charge in [0.25, 0.3) is 0 Å². The fourth-order valence-electron chi connectivity index (χ4n) is 0.918. The Labute approximate surface area is 75.2 Å². The van der Waals surface area contributed by atoms with Gasteiger partial charge in [-0.1, -0.05) is 0 Å². The van der Waals surface area contributed by atoms with Crippen LogP contribution in [0.3, 0.4) is 0 Å². The van der Waals surface area contributed by atoms with Gasteiger partial charge in [0, 0.05) is 0 Å². The van der Waals surface area contributed by atoms with Gasteiger partial charge in [-0.05, 0) is 0 Å². The third-order valence-corrected chi connectivity index (χ3v) is 6.59. The van der Waals surface area contributed by atoms with Crippen LogP contribution in [0.15, 0.2) is 0 Å². The molecular weight excluding hydrogens is 199 g/mol. The number of carboxylic acid groups (broad SMARTS) is 1. The number of carboxylic acids is 1. The van der Waals surface area contributed by atoms with E-state index in [9.17, 15) is 9.69 Å². The topological polar surface area (TPSA) is 81.6 Å². The zero-order chi connectivity index (χ0) is 9.19. The van der Waals surface area contributed by atoms with Gasteiger partial charge >= 0.3 is 74.6 Å². The van der Waals surface area contributed by atoms with Gasteiger partial charge in [-0.25, -0.2) is 0 Å². The SMILES string of the molecule is C[C@H](N[PH]1(O)NCCS1)C(=O)O. The van der Waals surface area contributed by atoms with Crippen LogP contribution in [0, 0.1) is 0 Å². The molecular formula is C5H13N2O3PS. The summed E-state index contributed by atoms with van der Waals surface area (Å²) in [5, 5.41) is 14.2. The average molecular weight is 212 g/mol. The molecule has 0 saturated carbocycles. The zero-order valence-electron chi connectivity index (χ0n) is 6.70. The Morgan fingerprint density at radius 3 is 2.92 bits per heavy atom. The van der Waals surface area contributed by atoms with Crippen molar-refractivity contribution in [3.8, 4) is 0 Å². The molecule has 0 bridgehead atoms. The normalized spacial score (nSPS) is 26.5. The van der Waals surface area contributed by atoms with Crippen LogP contribution in [0.1, 0.15) is 6.92 Å². The summed E-state index contributed by atoms with van der Waals surface area (Å²) in [6.45, 7) is -0.412. The minimum absolute atomic E-state index is 0.695. The predicted octanol–water partition coefficient (Wildman–Crippen LogP) is -0.212. The van der Waals surface area contributed by atoms with Crippen LogP contribution in [0.5, 0.6) is 0 Å². The van der Waals surface area contributed by atoms with Crippen molar-refractivity contribution in [2.75, 3.05) is 12.3 Å². The zero-order valence-corrected chi connectivity index (χ0v) is 8.52. The Kier molecular flexibility index (Phi) is 3.31. The maximum atomic E-state index is 10.4. The van der Waals surface area contributed by atoms with Crippen molar-refractivity contribution < 1.29 is 14.8 Å². The summed E-state index contributed by atoms with van der Waals surface area (Å²) in [7, 11) is 0. The molecule has 0 aromatic heterocycles. The molecule has 5 nitrogen and oxygen atoms in total. The van der Waals surface area contributed by atoms with Crippen LogP contribution in [-0.4, -0.2) is 34.3 Å². The monoisotopic (exact) mass is 212 g/mol. The van der Waals surface area contributed by atoms with E-state index in [1.165, 1.54) is 18.3 Å². The first-order chi connectivity index (χ1) is 5.53. The first-order valence-corrected chi connectivity index (χ1v) is 7.31. The van der Waals surface area contributed by atoms with E-state index < -0.39 is 19.0 Å². The number of hydrogen-bond acceptors (Lipinski definition) is 5. The molecule has 0 spiro atoms. The van der Waals surface area contributed by atoms with Crippen LogP contribution >= 0.6 is 18.4 Å². The molecule has 0 amide bonds. The van der Waals surface area contributed by atoms with E-state index in [1.54, 1.807) is 0 Å². The Bertz CT molecular complexity index is 186. The summed E-state index contributed by atoms with van der Waals surface area (Å²) in [6.07, 6.45) is 0. The van der Waals surface area contributed by atoms with Gasteiger partial charge < -0.3 is 0 Å². The second-order valence-electron chi connectivity index (χ2n) is 2.62. The quantitative estimate of drug-likeness (QED) is 0.484. The van der Waals surface area contributed by atoms with E-state index in [-0.39, 0.29) is 0 Å². The Morgan fingerprint density at radius 2 is 2.50 bits per heavy atom. The number of hydrogen-bond donors (Lipinski definition) is 4. The van der Waals surface area contributed by atoms with Gasteiger partial charge in [0.1, 0.15) is 0 Å². The summed E-state index contributed by atoms with van der Waals surface area (Å²) < 4.78 is 0. The van der Waals surface area contributed by atoms with Gasteiger partial charge in [-0.2, -0.15) is 0 Å². The van der Waals surface area contributed by atoms with Crippen molar-refractivity contribution in [2.24, 2.45) is 0 Å². The minimum atomic E-state index is -2.68. The molecule has 1 atom stereocenters. The van der Waals surface area contributed by atoms with Crippen molar-refractivity contribution in [1.82, 2.24) is 10.2 Å². The van der Waals surface area contributed by atoms with Crippen molar-refractivity contribution >= 4 is 24.3 Å². The second kappa shape index (κ2) is 3.89. The van der Waals surface area contributed by atoms with Gasteiger partial charge in [0.15, 0.2) is 0 Å². The summed E-state index contributed by atoms with van der Waals surface area (Å²) >= 11 is 1.40. The van der Waals surface area contributed by atoms with E-state index in [0.717, 1.165) is 12.3 Å². The van der Waals surface area contributed by atoms with Gasteiger partial charge in [-0.3, -0.25) is 0 Å². The fraction of sp³-hybridized carbons (Fsp3) is 0.800. The van der Waals surface area contributed by atoms with E-state index in [1.807, 2.05) is 0 Å². The van der Waals surface area contributed by atoms with Gasteiger partial charge in [0.2, 0.25) is 0 Å². The number of aliphatic carboxylic acids is 1.